The summed E-state index contributed by atoms with van der Waals surface area (Å²) in [7, 11) is 2.07. The maximum absolute atomic E-state index is 11.9. The van der Waals surface area contributed by atoms with E-state index in [1.165, 1.54) is 28.9 Å². The van der Waals surface area contributed by atoms with Crippen molar-refractivity contribution in [2.24, 2.45) is 0 Å². The molecule has 0 saturated heterocycles. The molecule has 0 aliphatic heterocycles. The first-order valence-electron chi connectivity index (χ1n) is 7.00. The molecule has 3 aromatic rings. The zero-order valence-corrected chi connectivity index (χ0v) is 13.6. The van der Waals surface area contributed by atoms with Crippen LogP contribution in [0.15, 0.2) is 32.1 Å². The number of nitrogens with zero attached hydrogens (tertiary/aromatic N) is 4. The second kappa shape index (κ2) is 5.36. The Balaban J connectivity index is 1.55. The van der Waals surface area contributed by atoms with Crippen molar-refractivity contribution in [1.29, 1.82) is 0 Å². The molecule has 0 radical (unpaired) electrons. The molecule has 8 heteroatoms. The summed E-state index contributed by atoms with van der Waals surface area (Å²) in [5.41, 5.74) is 0.834. The van der Waals surface area contributed by atoms with Gasteiger partial charge in [0.1, 0.15) is 0 Å². The summed E-state index contributed by atoms with van der Waals surface area (Å²) in [6, 6.07) is 4.41. The molecule has 0 amide bonds. The van der Waals surface area contributed by atoms with Crippen LogP contribution in [0.3, 0.4) is 0 Å². The third kappa shape index (κ3) is 2.59. The number of thiophene rings is 1. The number of hydrogen-bond acceptors (Lipinski definition) is 7. The Bertz CT molecular complexity index is 829. The summed E-state index contributed by atoms with van der Waals surface area (Å²) < 4.78 is 6.53. The van der Waals surface area contributed by atoms with Crippen LogP contribution in [0.2, 0.25) is 0 Å². The van der Waals surface area contributed by atoms with E-state index in [0.717, 1.165) is 15.7 Å². The van der Waals surface area contributed by atoms with E-state index in [1.807, 2.05) is 22.9 Å². The van der Waals surface area contributed by atoms with Gasteiger partial charge in [-0.05, 0) is 24.3 Å². The van der Waals surface area contributed by atoms with Gasteiger partial charge in [0.2, 0.25) is 0 Å². The quantitative estimate of drug-likeness (QED) is 0.718. The van der Waals surface area contributed by atoms with Crippen LogP contribution < -0.4 is 10.7 Å². The lowest BCUT2D eigenvalue weighted by molar-refractivity contribution is 0.494. The minimum atomic E-state index is -0.450. The third-order valence-electron chi connectivity index (χ3n) is 3.59. The van der Waals surface area contributed by atoms with Gasteiger partial charge < -0.3 is 9.32 Å². The predicted molar refractivity (Wildman–Crippen MR) is 86.7 cm³/mol. The van der Waals surface area contributed by atoms with Crippen molar-refractivity contribution in [3.05, 3.63) is 39.1 Å². The molecular weight excluding hydrogens is 320 g/mol. The van der Waals surface area contributed by atoms with Crippen molar-refractivity contribution in [3.8, 4) is 10.8 Å². The van der Waals surface area contributed by atoms with E-state index in [1.54, 1.807) is 11.3 Å². The summed E-state index contributed by atoms with van der Waals surface area (Å²) in [5, 5.41) is 9.14. The summed E-state index contributed by atoms with van der Waals surface area (Å²) >= 11 is 3.09. The summed E-state index contributed by atoms with van der Waals surface area (Å²) in [6.45, 7) is 0.336. The molecule has 0 bridgehead atoms. The molecule has 1 saturated carbocycles. The van der Waals surface area contributed by atoms with Crippen LogP contribution in [0.25, 0.3) is 10.8 Å². The van der Waals surface area contributed by atoms with E-state index in [2.05, 4.69) is 22.0 Å². The predicted octanol–water partition coefficient (Wildman–Crippen LogP) is 2.67. The molecule has 0 atom stereocenters. The van der Waals surface area contributed by atoms with Crippen LogP contribution in [-0.4, -0.2) is 27.9 Å². The van der Waals surface area contributed by atoms with Crippen molar-refractivity contribution in [3.63, 3.8) is 0 Å². The van der Waals surface area contributed by atoms with Gasteiger partial charge in [-0.25, -0.2) is 9.78 Å². The van der Waals surface area contributed by atoms with Gasteiger partial charge >= 0.3 is 5.76 Å². The summed E-state index contributed by atoms with van der Waals surface area (Å²) in [6.07, 6.45) is 2.47. The van der Waals surface area contributed by atoms with Gasteiger partial charge in [0.15, 0.2) is 5.13 Å². The zero-order chi connectivity index (χ0) is 15.1. The highest BCUT2D eigenvalue weighted by atomic mass is 32.1. The normalized spacial score (nSPS) is 14.4. The molecule has 1 aliphatic carbocycles. The lowest BCUT2D eigenvalue weighted by atomic mass is 10.5. The molecule has 4 rings (SSSR count). The number of thiazole rings is 1. The van der Waals surface area contributed by atoms with Crippen molar-refractivity contribution in [1.82, 2.24) is 14.8 Å². The molecule has 3 heterocycles. The third-order valence-corrected chi connectivity index (χ3v) is 5.42. The molecule has 3 aromatic heterocycles. The average molecular weight is 334 g/mol. The molecule has 114 valence electrons. The van der Waals surface area contributed by atoms with Gasteiger partial charge in [0.05, 0.1) is 17.1 Å². The van der Waals surface area contributed by atoms with Crippen LogP contribution in [0.1, 0.15) is 18.5 Å². The largest absolute Gasteiger partial charge is 0.437 e. The second-order valence-corrected chi connectivity index (χ2v) is 7.06. The van der Waals surface area contributed by atoms with Gasteiger partial charge in [0.25, 0.3) is 5.89 Å². The molecule has 1 aliphatic rings. The highest BCUT2D eigenvalue weighted by molar-refractivity contribution is 7.13. The molecule has 0 N–H and O–H groups in total. The molecule has 0 unspecified atom stereocenters. The average Bonchev–Trinajstić information content (AvgIpc) is 2.92. The molecule has 22 heavy (non-hydrogen) atoms. The van der Waals surface area contributed by atoms with Crippen LogP contribution in [0.5, 0.6) is 0 Å². The van der Waals surface area contributed by atoms with Crippen LogP contribution >= 0.6 is 22.7 Å². The van der Waals surface area contributed by atoms with Crippen molar-refractivity contribution < 1.29 is 4.42 Å². The van der Waals surface area contributed by atoms with E-state index < -0.39 is 5.76 Å². The maximum atomic E-state index is 11.9. The van der Waals surface area contributed by atoms with Gasteiger partial charge in [-0.1, -0.05) is 6.07 Å². The lowest BCUT2D eigenvalue weighted by Crippen LogP contribution is -2.20. The van der Waals surface area contributed by atoms with Crippen LogP contribution in [0, 0.1) is 0 Å². The van der Waals surface area contributed by atoms with Crippen molar-refractivity contribution in [2.45, 2.75) is 25.4 Å². The standard InChI is InChI=1S/C14H14N4O2S2/c1-17(10-4-5-10)13-15-9(8-22-13)7-18-14(19)20-12(16-18)11-3-2-6-21-11/h2-3,6,8,10H,4-5,7H2,1H3. The lowest BCUT2D eigenvalue weighted by Gasteiger charge is -2.13. The van der Waals surface area contributed by atoms with Crippen LogP contribution in [0.4, 0.5) is 5.13 Å². The number of rotatable bonds is 5. The minimum Gasteiger partial charge on any atom is -0.387 e. The highest BCUT2D eigenvalue weighted by Crippen LogP contribution is 2.32. The van der Waals surface area contributed by atoms with Gasteiger partial charge in [-0.3, -0.25) is 0 Å². The first kappa shape index (κ1) is 13.7. The Kier molecular flexibility index (Phi) is 3.34. The number of anilines is 1. The fourth-order valence-corrected chi connectivity index (χ4v) is 3.71. The van der Waals surface area contributed by atoms with Crippen molar-refractivity contribution >= 4 is 27.8 Å². The first-order chi connectivity index (χ1) is 10.7. The number of aromatic nitrogens is 3. The topological polar surface area (TPSA) is 64.2 Å². The van der Waals surface area contributed by atoms with E-state index >= 15 is 0 Å². The molecule has 1 fully saturated rings. The van der Waals surface area contributed by atoms with E-state index in [4.69, 9.17) is 4.42 Å². The molecule has 0 spiro atoms. The fraction of sp³-hybridized carbons (Fsp3) is 0.357. The van der Waals surface area contributed by atoms with Gasteiger partial charge in [-0.15, -0.1) is 27.8 Å². The second-order valence-electron chi connectivity index (χ2n) is 5.27. The Morgan fingerprint density at radius 3 is 3.05 bits per heavy atom. The van der Waals surface area contributed by atoms with Gasteiger partial charge in [-0.2, -0.15) is 4.68 Å². The fourth-order valence-electron chi connectivity index (χ4n) is 2.21. The summed E-state index contributed by atoms with van der Waals surface area (Å²) in [5.74, 6) is -0.0842. The molecule has 6 nitrogen and oxygen atoms in total. The summed E-state index contributed by atoms with van der Waals surface area (Å²) in [4.78, 5) is 19.5. The molecule has 0 aromatic carbocycles. The van der Waals surface area contributed by atoms with Crippen LogP contribution in [-0.2, 0) is 6.54 Å². The Morgan fingerprint density at radius 2 is 2.32 bits per heavy atom. The van der Waals surface area contributed by atoms with Gasteiger partial charge in [0, 0.05) is 18.5 Å². The minimum absolute atomic E-state index is 0.336. The Hall–Kier alpha value is -1.93. The van der Waals surface area contributed by atoms with E-state index in [0.29, 0.717) is 18.5 Å². The maximum Gasteiger partial charge on any atom is 0.437 e. The number of hydrogen-bond donors (Lipinski definition) is 0. The smallest absolute Gasteiger partial charge is 0.387 e. The highest BCUT2D eigenvalue weighted by Gasteiger charge is 2.28. The Labute approximate surface area is 134 Å². The Morgan fingerprint density at radius 1 is 1.45 bits per heavy atom. The zero-order valence-electron chi connectivity index (χ0n) is 11.9. The van der Waals surface area contributed by atoms with Crippen molar-refractivity contribution in [2.75, 3.05) is 11.9 Å². The first-order valence-corrected chi connectivity index (χ1v) is 8.76. The monoisotopic (exact) mass is 334 g/mol. The van der Waals surface area contributed by atoms with E-state index in [-0.39, 0.29) is 0 Å². The molecular formula is C14H14N4O2S2. The SMILES string of the molecule is CN(c1nc(Cn2nc(-c3cccs3)oc2=O)cs1)C1CC1. The van der Waals surface area contributed by atoms with E-state index in [9.17, 15) is 4.79 Å².